The Hall–Kier alpha value is -1.88. The summed E-state index contributed by atoms with van der Waals surface area (Å²) in [5.41, 5.74) is 6.68. The molecule has 0 saturated heterocycles. The lowest BCUT2D eigenvalue weighted by molar-refractivity contribution is -0.126. The van der Waals surface area contributed by atoms with E-state index in [0.29, 0.717) is 6.42 Å². The SMILES string of the molecule is CC(NC(=O)C[C@@H]1CCC[C@H]1N)C(=O)Nc1ccccc1. The summed E-state index contributed by atoms with van der Waals surface area (Å²) in [4.78, 5) is 24.0. The van der Waals surface area contributed by atoms with Crippen molar-refractivity contribution in [3.63, 3.8) is 0 Å². The quantitative estimate of drug-likeness (QED) is 0.770. The molecule has 21 heavy (non-hydrogen) atoms. The minimum atomic E-state index is -0.560. The molecule has 114 valence electrons. The van der Waals surface area contributed by atoms with Crippen molar-refractivity contribution in [3.05, 3.63) is 30.3 Å². The number of carbonyl (C=O) groups is 2. The summed E-state index contributed by atoms with van der Waals surface area (Å²) in [6.07, 6.45) is 3.48. The average molecular weight is 289 g/mol. The van der Waals surface area contributed by atoms with E-state index in [4.69, 9.17) is 5.73 Å². The average Bonchev–Trinajstić information content (AvgIpc) is 2.85. The molecule has 3 atom stereocenters. The number of rotatable bonds is 5. The molecule has 0 aliphatic heterocycles. The van der Waals surface area contributed by atoms with Gasteiger partial charge in [0.25, 0.3) is 0 Å². The van der Waals surface area contributed by atoms with Crippen molar-refractivity contribution in [1.82, 2.24) is 5.32 Å². The molecule has 2 rings (SSSR count). The first-order valence-electron chi connectivity index (χ1n) is 7.47. The zero-order valence-corrected chi connectivity index (χ0v) is 12.3. The van der Waals surface area contributed by atoms with Crippen molar-refractivity contribution in [2.75, 3.05) is 5.32 Å². The van der Waals surface area contributed by atoms with Crippen LogP contribution in [-0.4, -0.2) is 23.9 Å². The minimum absolute atomic E-state index is 0.104. The molecular weight excluding hydrogens is 266 g/mol. The number of carbonyl (C=O) groups excluding carboxylic acids is 2. The Morgan fingerprint density at radius 3 is 2.62 bits per heavy atom. The highest BCUT2D eigenvalue weighted by Gasteiger charge is 2.27. The molecule has 1 aromatic rings. The summed E-state index contributed by atoms with van der Waals surface area (Å²) in [5, 5.41) is 5.51. The Kier molecular flexibility index (Phi) is 5.33. The maximum atomic E-state index is 12.0. The first kappa shape index (κ1) is 15.5. The Morgan fingerprint density at radius 1 is 1.29 bits per heavy atom. The van der Waals surface area contributed by atoms with E-state index in [1.165, 1.54) is 0 Å². The first-order chi connectivity index (χ1) is 10.1. The Morgan fingerprint density at radius 2 is 2.00 bits per heavy atom. The normalized spacial score (nSPS) is 22.6. The van der Waals surface area contributed by atoms with Crippen LogP contribution >= 0.6 is 0 Å². The minimum Gasteiger partial charge on any atom is -0.345 e. The molecule has 1 unspecified atom stereocenters. The summed E-state index contributed by atoms with van der Waals surface area (Å²) >= 11 is 0. The molecule has 0 aromatic heterocycles. The Bertz CT molecular complexity index is 490. The van der Waals surface area contributed by atoms with Gasteiger partial charge in [-0.05, 0) is 37.8 Å². The van der Waals surface area contributed by atoms with E-state index in [-0.39, 0.29) is 23.8 Å². The second kappa shape index (κ2) is 7.22. The monoisotopic (exact) mass is 289 g/mol. The van der Waals surface area contributed by atoms with Crippen LogP contribution in [0.15, 0.2) is 30.3 Å². The molecule has 0 radical (unpaired) electrons. The van der Waals surface area contributed by atoms with Crippen molar-refractivity contribution in [2.24, 2.45) is 11.7 Å². The highest BCUT2D eigenvalue weighted by atomic mass is 16.2. The van der Waals surface area contributed by atoms with Gasteiger partial charge in [0.2, 0.25) is 11.8 Å². The van der Waals surface area contributed by atoms with Gasteiger partial charge in [0, 0.05) is 18.2 Å². The lowest BCUT2D eigenvalue weighted by Gasteiger charge is -2.18. The third kappa shape index (κ3) is 4.56. The van der Waals surface area contributed by atoms with Crippen LogP contribution in [0.1, 0.15) is 32.6 Å². The Labute approximate surface area is 125 Å². The van der Waals surface area contributed by atoms with Gasteiger partial charge in [0.15, 0.2) is 0 Å². The number of amides is 2. The molecule has 5 nitrogen and oxygen atoms in total. The van der Waals surface area contributed by atoms with Crippen LogP contribution in [0, 0.1) is 5.92 Å². The fourth-order valence-corrected chi connectivity index (χ4v) is 2.70. The van der Waals surface area contributed by atoms with E-state index in [2.05, 4.69) is 10.6 Å². The first-order valence-corrected chi connectivity index (χ1v) is 7.47. The fourth-order valence-electron chi connectivity index (χ4n) is 2.70. The van der Waals surface area contributed by atoms with Gasteiger partial charge in [0.05, 0.1) is 0 Å². The summed E-state index contributed by atoms with van der Waals surface area (Å²) in [6, 6.07) is 8.75. The number of benzene rings is 1. The molecule has 0 heterocycles. The number of hydrogen-bond acceptors (Lipinski definition) is 3. The van der Waals surface area contributed by atoms with E-state index in [1.807, 2.05) is 30.3 Å². The number of anilines is 1. The third-order valence-corrected chi connectivity index (χ3v) is 3.98. The maximum Gasteiger partial charge on any atom is 0.246 e. The molecule has 1 saturated carbocycles. The van der Waals surface area contributed by atoms with Crippen molar-refractivity contribution in [2.45, 2.75) is 44.7 Å². The van der Waals surface area contributed by atoms with Gasteiger partial charge in [-0.3, -0.25) is 9.59 Å². The van der Waals surface area contributed by atoms with Gasteiger partial charge in [0.1, 0.15) is 6.04 Å². The second-order valence-electron chi connectivity index (χ2n) is 5.70. The molecule has 1 aliphatic carbocycles. The highest BCUT2D eigenvalue weighted by Crippen LogP contribution is 2.26. The van der Waals surface area contributed by atoms with Crippen LogP contribution in [-0.2, 0) is 9.59 Å². The summed E-state index contributed by atoms with van der Waals surface area (Å²) in [6.45, 7) is 1.69. The van der Waals surface area contributed by atoms with E-state index in [0.717, 1.165) is 24.9 Å². The zero-order chi connectivity index (χ0) is 15.2. The van der Waals surface area contributed by atoms with Crippen LogP contribution < -0.4 is 16.4 Å². The predicted octanol–water partition coefficient (Wildman–Crippen LogP) is 1.65. The van der Waals surface area contributed by atoms with Crippen LogP contribution in [0.25, 0.3) is 0 Å². The number of nitrogens with one attached hydrogen (secondary N) is 2. The number of hydrogen-bond donors (Lipinski definition) is 3. The van der Waals surface area contributed by atoms with Gasteiger partial charge < -0.3 is 16.4 Å². The van der Waals surface area contributed by atoms with Crippen molar-refractivity contribution >= 4 is 17.5 Å². The molecule has 0 bridgehead atoms. The van der Waals surface area contributed by atoms with E-state index >= 15 is 0 Å². The summed E-state index contributed by atoms with van der Waals surface area (Å²) < 4.78 is 0. The largest absolute Gasteiger partial charge is 0.345 e. The lowest BCUT2D eigenvalue weighted by atomic mass is 10.00. The van der Waals surface area contributed by atoms with Gasteiger partial charge in [-0.25, -0.2) is 0 Å². The molecule has 5 heteroatoms. The fraction of sp³-hybridized carbons (Fsp3) is 0.500. The smallest absolute Gasteiger partial charge is 0.246 e. The van der Waals surface area contributed by atoms with Crippen molar-refractivity contribution in [1.29, 1.82) is 0 Å². The number of para-hydroxylation sites is 1. The second-order valence-corrected chi connectivity index (χ2v) is 5.70. The topological polar surface area (TPSA) is 84.2 Å². The molecule has 1 aromatic carbocycles. The highest BCUT2D eigenvalue weighted by molar-refractivity contribution is 5.96. The van der Waals surface area contributed by atoms with E-state index in [1.54, 1.807) is 6.92 Å². The van der Waals surface area contributed by atoms with Gasteiger partial charge in [-0.1, -0.05) is 24.6 Å². The maximum absolute atomic E-state index is 12.0. The van der Waals surface area contributed by atoms with Gasteiger partial charge >= 0.3 is 0 Å². The van der Waals surface area contributed by atoms with Crippen molar-refractivity contribution < 1.29 is 9.59 Å². The number of nitrogens with two attached hydrogens (primary N) is 1. The van der Waals surface area contributed by atoms with Crippen LogP contribution in [0.2, 0.25) is 0 Å². The Balaban J connectivity index is 1.79. The molecule has 4 N–H and O–H groups in total. The molecule has 1 fully saturated rings. The van der Waals surface area contributed by atoms with Crippen LogP contribution in [0.3, 0.4) is 0 Å². The van der Waals surface area contributed by atoms with E-state index < -0.39 is 6.04 Å². The molecule has 1 aliphatic rings. The predicted molar refractivity (Wildman–Crippen MR) is 82.6 cm³/mol. The third-order valence-electron chi connectivity index (χ3n) is 3.98. The molecular formula is C16H23N3O2. The van der Waals surface area contributed by atoms with Crippen LogP contribution in [0.4, 0.5) is 5.69 Å². The molecule has 2 amide bonds. The van der Waals surface area contributed by atoms with Gasteiger partial charge in [-0.15, -0.1) is 0 Å². The molecule has 0 spiro atoms. The van der Waals surface area contributed by atoms with Crippen molar-refractivity contribution in [3.8, 4) is 0 Å². The summed E-state index contributed by atoms with van der Waals surface area (Å²) in [7, 11) is 0. The lowest BCUT2D eigenvalue weighted by Crippen LogP contribution is -2.43. The standard InChI is InChI=1S/C16H23N3O2/c1-11(16(21)19-13-7-3-2-4-8-13)18-15(20)10-12-6-5-9-14(12)17/h2-4,7-8,11-12,14H,5-6,9-10,17H2,1H3,(H,18,20)(H,19,21)/t11?,12-,14+/m0/s1. The summed E-state index contributed by atoms with van der Waals surface area (Å²) in [5.74, 6) is -0.0762. The van der Waals surface area contributed by atoms with E-state index in [9.17, 15) is 9.59 Å². The van der Waals surface area contributed by atoms with Gasteiger partial charge in [-0.2, -0.15) is 0 Å². The zero-order valence-electron chi connectivity index (χ0n) is 12.3. The van der Waals surface area contributed by atoms with Crippen LogP contribution in [0.5, 0.6) is 0 Å².